The highest BCUT2D eigenvalue weighted by Gasteiger charge is 2.26. The van der Waals surface area contributed by atoms with Gasteiger partial charge in [0.1, 0.15) is 6.04 Å². The number of ether oxygens (including phenoxy) is 2. The van der Waals surface area contributed by atoms with Crippen molar-refractivity contribution in [3.63, 3.8) is 0 Å². The van der Waals surface area contributed by atoms with Crippen LogP contribution in [0, 0.1) is 0 Å². The summed E-state index contributed by atoms with van der Waals surface area (Å²) < 4.78 is 37.1. The fourth-order valence-corrected chi connectivity index (χ4v) is 5.44. The molecule has 0 spiro atoms. The average Bonchev–Trinajstić information content (AvgIpc) is 2.98. The summed E-state index contributed by atoms with van der Waals surface area (Å²) in [6.07, 6.45) is 0. The van der Waals surface area contributed by atoms with Crippen LogP contribution in [0.3, 0.4) is 0 Å². The van der Waals surface area contributed by atoms with E-state index in [1.807, 2.05) is 0 Å². The number of anilines is 2. The number of Topliss-reactive ketones (excluding diaryl/α,β-unsaturated/α-hetero) is 1. The molecule has 1 atom stereocenters. The maximum absolute atomic E-state index is 13.8. The topological polar surface area (TPSA) is 143 Å². The number of nitrogens with one attached hydrogen (secondary N) is 3. The minimum Gasteiger partial charge on any atom is -0.493 e. The van der Waals surface area contributed by atoms with Crippen molar-refractivity contribution in [2.75, 3.05) is 38.9 Å². The van der Waals surface area contributed by atoms with E-state index in [-0.39, 0.29) is 23.3 Å². The van der Waals surface area contributed by atoms with Gasteiger partial charge in [0.25, 0.3) is 0 Å². The normalized spacial score (nSPS) is 11.8. The molecule has 11 nitrogen and oxygen atoms in total. The molecule has 0 aliphatic rings. The molecule has 12 heteroatoms. The zero-order valence-electron chi connectivity index (χ0n) is 25.3. The van der Waals surface area contributed by atoms with Crippen LogP contribution in [0.25, 0.3) is 0 Å². The Kier molecular flexibility index (Phi) is 10.8. The highest BCUT2D eigenvalue weighted by atomic mass is 32.2. The van der Waals surface area contributed by atoms with E-state index in [4.69, 9.17) is 9.47 Å². The quantitative estimate of drug-likeness (QED) is 0.252. The number of methoxy groups -OCH3 is 2. The highest BCUT2D eigenvalue weighted by Crippen LogP contribution is 2.32. The Balaban J connectivity index is 2.01. The summed E-state index contributed by atoms with van der Waals surface area (Å²) >= 11 is 0. The van der Waals surface area contributed by atoms with Crippen LogP contribution in [0.1, 0.15) is 48.3 Å². The van der Waals surface area contributed by atoms with Crippen molar-refractivity contribution < 1.29 is 32.3 Å². The molecule has 3 aromatic rings. The Morgan fingerprint density at radius 3 is 2.19 bits per heavy atom. The number of urea groups is 1. The maximum Gasteiger partial charge on any atom is 0.321 e. The molecule has 3 amide bonds. The molecule has 0 aliphatic heterocycles. The van der Waals surface area contributed by atoms with Crippen molar-refractivity contribution in [2.24, 2.45) is 0 Å². The molecule has 0 heterocycles. The molecule has 3 N–H and O–H groups in total. The van der Waals surface area contributed by atoms with E-state index in [1.165, 1.54) is 44.2 Å². The van der Waals surface area contributed by atoms with Crippen molar-refractivity contribution in [1.82, 2.24) is 10.2 Å². The van der Waals surface area contributed by atoms with Gasteiger partial charge in [-0.25, -0.2) is 13.2 Å². The molecule has 0 bridgehead atoms. The summed E-state index contributed by atoms with van der Waals surface area (Å²) in [5, 5.41) is 8.04. The maximum atomic E-state index is 13.8. The van der Waals surface area contributed by atoms with Gasteiger partial charge in [-0.05, 0) is 74.4 Å². The van der Waals surface area contributed by atoms with Gasteiger partial charge in [0, 0.05) is 37.6 Å². The van der Waals surface area contributed by atoms with Gasteiger partial charge in [-0.15, -0.1) is 0 Å². The molecule has 230 valence electrons. The number of carbonyl (C=O) groups excluding carboxylic acids is 3. The Hall–Kier alpha value is -4.58. The molecule has 0 radical (unpaired) electrons. The predicted molar refractivity (Wildman–Crippen MR) is 166 cm³/mol. The molecule has 0 saturated carbocycles. The lowest BCUT2D eigenvalue weighted by Crippen LogP contribution is -2.34. The number of rotatable bonds is 12. The Morgan fingerprint density at radius 1 is 0.884 bits per heavy atom. The van der Waals surface area contributed by atoms with Gasteiger partial charge in [0.05, 0.1) is 24.4 Å². The van der Waals surface area contributed by atoms with Crippen LogP contribution in [-0.2, 0) is 21.2 Å². The second kappa shape index (κ2) is 14.1. The third-order valence-electron chi connectivity index (χ3n) is 6.68. The summed E-state index contributed by atoms with van der Waals surface area (Å²) in [6, 6.07) is 14.9. The number of sulfone groups is 1. The fraction of sp³-hybridized carbons (Fsp3) is 0.323. The van der Waals surface area contributed by atoms with E-state index in [2.05, 4.69) is 16.0 Å². The van der Waals surface area contributed by atoms with Gasteiger partial charge in [0.2, 0.25) is 5.91 Å². The van der Waals surface area contributed by atoms with E-state index in [1.54, 1.807) is 70.4 Å². The number of ketones is 1. The molecule has 3 rings (SSSR count). The number of nitrogens with zero attached hydrogens (tertiary/aromatic N) is 1. The second-order valence-corrected chi connectivity index (χ2v) is 12.8. The van der Waals surface area contributed by atoms with Gasteiger partial charge < -0.3 is 30.3 Å². The lowest BCUT2D eigenvalue weighted by Gasteiger charge is -2.22. The first-order valence-corrected chi connectivity index (χ1v) is 15.0. The molecule has 43 heavy (non-hydrogen) atoms. The van der Waals surface area contributed by atoms with Crippen molar-refractivity contribution in [3.8, 4) is 11.5 Å². The molecule has 0 fully saturated rings. The largest absolute Gasteiger partial charge is 0.493 e. The zero-order valence-corrected chi connectivity index (χ0v) is 26.2. The summed E-state index contributed by atoms with van der Waals surface area (Å²) in [7, 11) is 2.44. The van der Waals surface area contributed by atoms with Crippen molar-refractivity contribution in [3.05, 3.63) is 77.4 Å². The minimum absolute atomic E-state index is 0.0513. The molecule has 0 saturated heterocycles. The molecular weight excluding hydrogens is 572 g/mol. The SMILES string of the molecule is COc1ccc(C(Nc2cccc(C(C)=O)c2)C(=O)NCc2cc(NC(=O)N(C)C)ccc2S(=O)(=O)C(C)C)cc1OC. The van der Waals surface area contributed by atoms with Crippen LogP contribution >= 0.6 is 0 Å². The summed E-state index contributed by atoms with van der Waals surface area (Å²) in [5.41, 5.74) is 2.21. The monoisotopic (exact) mass is 610 g/mol. The predicted octanol–water partition coefficient (Wildman–Crippen LogP) is 4.65. The second-order valence-electron chi connectivity index (χ2n) is 10.3. The number of carbonyl (C=O) groups is 3. The van der Waals surface area contributed by atoms with Crippen LogP contribution in [0.2, 0.25) is 0 Å². The minimum atomic E-state index is -3.72. The third-order valence-corrected chi connectivity index (χ3v) is 8.93. The van der Waals surface area contributed by atoms with Crippen LogP contribution in [-0.4, -0.2) is 64.6 Å². The van der Waals surface area contributed by atoms with Gasteiger partial charge >= 0.3 is 6.03 Å². The van der Waals surface area contributed by atoms with Crippen LogP contribution < -0.4 is 25.4 Å². The molecule has 3 aromatic carbocycles. The number of hydrogen-bond donors (Lipinski definition) is 3. The van der Waals surface area contributed by atoms with Crippen LogP contribution in [0.4, 0.5) is 16.2 Å². The first-order chi connectivity index (χ1) is 20.3. The summed E-state index contributed by atoms with van der Waals surface area (Å²) in [5.74, 6) is 0.280. The molecule has 0 aliphatic carbocycles. The molecular formula is C31H38N4O7S. The molecule has 1 unspecified atom stereocenters. The van der Waals surface area contributed by atoms with E-state index >= 15 is 0 Å². The third kappa shape index (κ3) is 8.04. The van der Waals surface area contributed by atoms with Gasteiger partial charge in [0.15, 0.2) is 27.1 Å². The van der Waals surface area contributed by atoms with E-state index in [0.29, 0.717) is 39.6 Å². The summed E-state index contributed by atoms with van der Waals surface area (Å²) in [4.78, 5) is 39.4. The number of benzene rings is 3. The van der Waals surface area contributed by atoms with E-state index < -0.39 is 27.0 Å². The Bertz CT molecular complexity index is 1600. The fourth-order valence-electron chi connectivity index (χ4n) is 4.17. The van der Waals surface area contributed by atoms with Crippen LogP contribution in [0.15, 0.2) is 65.6 Å². The van der Waals surface area contributed by atoms with Crippen LogP contribution in [0.5, 0.6) is 11.5 Å². The van der Waals surface area contributed by atoms with E-state index in [9.17, 15) is 22.8 Å². The summed E-state index contributed by atoms with van der Waals surface area (Å²) in [6.45, 7) is 4.46. The van der Waals surface area contributed by atoms with Crippen molar-refractivity contribution in [1.29, 1.82) is 0 Å². The lowest BCUT2D eigenvalue weighted by atomic mass is 10.0. The van der Waals surface area contributed by atoms with Crippen molar-refractivity contribution in [2.45, 2.75) is 43.5 Å². The lowest BCUT2D eigenvalue weighted by molar-refractivity contribution is -0.122. The first kappa shape index (κ1) is 32.9. The van der Waals surface area contributed by atoms with Gasteiger partial charge in [-0.1, -0.05) is 18.2 Å². The smallest absolute Gasteiger partial charge is 0.321 e. The highest BCUT2D eigenvalue weighted by molar-refractivity contribution is 7.92. The number of hydrogen-bond acceptors (Lipinski definition) is 8. The average molecular weight is 611 g/mol. The standard InChI is InChI=1S/C31H38N4O7S/c1-19(2)43(39,40)28-14-12-25(34-31(38)35(4)5)16-23(28)18-32-30(37)29(22-11-13-26(41-6)27(17-22)42-7)33-24-10-8-9-21(15-24)20(3)36/h8-17,19,29,33H,18H2,1-7H3,(H,32,37)(H,34,38). The Labute approximate surface area is 252 Å². The van der Waals surface area contributed by atoms with Gasteiger partial charge in [-0.2, -0.15) is 0 Å². The zero-order chi connectivity index (χ0) is 31.9. The van der Waals surface area contributed by atoms with Crippen molar-refractivity contribution >= 4 is 38.9 Å². The van der Waals surface area contributed by atoms with Gasteiger partial charge in [-0.3, -0.25) is 9.59 Å². The Morgan fingerprint density at radius 2 is 1.58 bits per heavy atom. The first-order valence-electron chi connectivity index (χ1n) is 13.5. The molecule has 0 aromatic heterocycles. The van der Waals surface area contributed by atoms with E-state index in [0.717, 1.165) is 0 Å². The number of amides is 3.